The molecule has 0 aliphatic carbocycles. The Hall–Kier alpha value is -2.78. The number of aryl methyl sites for hydroxylation is 1. The molecule has 0 aromatic heterocycles. The molecule has 0 heterocycles. The number of thiocarbonyl (C=S) groups is 1. The summed E-state index contributed by atoms with van der Waals surface area (Å²) in [5, 5.41) is 15.6. The van der Waals surface area contributed by atoms with Crippen LogP contribution in [0, 0.1) is 11.3 Å². The molecule has 0 aliphatic rings. The number of benzene rings is 2. The molecule has 0 atom stereocenters. The SMILES string of the molecule is COc1ccc(CCCNC(=S)Nc2ccc(CC#N)cc2)cc1OC. The van der Waals surface area contributed by atoms with Crippen LogP contribution in [0.5, 0.6) is 11.5 Å². The van der Waals surface area contributed by atoms with Gasteiger partial charge < -0.3 is 20.1 Å². The van der Waals surface area contributed by atoms with E-state index in [9.17, 15) is 0 Å². The molecule has 136 valence electrons. The molecule has 0 bridgehead atoms. The molecule has 0 spiro atoms. The molecule has 2 N–H and O–H groups in total. The van der Waals surface area contributed by atoms with Crippen molar-refractivity contribution in [2.24, 2.45) is 0 Å². The van der Waals surface area contributed by atoms with Crippen molar-refractivity contribution in [3.63, 3.8) is 0 Å². The van der Waals surface area contributed by atoms with Gasteiger partial charge in [-0.2, -0.15) is 5.26 Å². The number of hydrogen-bond donors (Lipinski definition) is 2. The fourth-order valence-corrected chi connectivity index (χ4v) is 2.72. The van der Waals surface area contributed by atoms with E-state index in [1.807, 2.05) is 42.5 Å². The largest absolute Gasteiger partial charge is 0.493 e. The van der Waals surface area contributed by atoms with Crippen LogP contribution in [0.4, 0.5) is 5.69 Å². The maximum Gasteiger partial charge on any atom is 0.170 e. The van der Waals surface area contributed by atoms with Crippen molar-refractivity contribution >= 4 is 23.0 Å². The van der Waals surface area contributed by atoms with Crippen molar-refractivity contribution in [3.8, 4) is 17.6 Å². The lowest BCUT2D eigenvalue weighted by atomic mass is 10.1. The number of hydrogen-bond acceptors (Lipinski definition) is 4. The first kappa shape index (κ1) is 19.5. The van der Waals surface area contributed by atoms with Gasteiger partial charge in [0.15, 0.2) is 16.6 Å². The lowest BCUT2D eigenvalue weighted by Crippen LogP contribution is -2.29. The first-order chi connectivity index (χ1) is 12.7. The number of methoxy groups -OCH3 is 2. The molecule has 0 radical (unpaired) electrons. The molecule has 2 aromatic rings. The van der Waals surface area contributed by atoms with Gasteiger partial charge in [0.05, 0.1) is 26.7 Å². The van der Waals surface area contributed by atoms with Crippen molar-refractivity contribution in [2.45, 2.75) is 19.3 Å². The number of nitrogens with one attached hydrogen (secondary N) is 2. The minimum Gasteiger partial charge on any atom is -0.493 e. The topological polar surface area (TPSA) is 66.3 Å². The van der Waals surface area contributed by atoms with Crippen LogP contribution in [-0.2, 0) is 12.8 Å². The summed E-state index contributed by atoms with van der Waals surface area (Å²) in [7, 11) is 3.27. The van der Waals surface area contributed by atoms with E-state index in [1.165, 1.54) is 5.56 Å². The summed E-state index contributed by atoms with van der Waals surface area (Å²) in [6, 6.07) is 15.8. The summed E-state index contributed by atoms with van der Waals surface area (Å²) in [5.41, 5.74) is 3.09. The summed E-state index contributed by atoms with van der Waals surface area (Å²) in [5.74, 6) is 1.48. The Bertz CT molecular complexity index is 770. The molecule has 0 unspecified atom stereocenters. The van der Waals surface area contributed by atoms with E-state index in [1.54, 1.807) is 14.2 Å². The van der Waals surface area contributed by atoms with Crippen molar-refractivity contribution in [3.05, 3.63) is 53.6 Å². The number of ether oxygens (including phenoxy) is 2. The van der Waals surface area contributed by atoms with Gasteiger partial charge in [0.25, 0.3) is 0 Å². The van der Waals surface area contributed by atoms with Crippen LogP contribution in [0.25, 0.3) is 0 Å². The first-order valence-electron chi connectivity index (χ1n) is 8.38. The summed E-state index contributed by atoms with van der Waals surface area (Å²) in [4.78, 5) is 0. The minimum absolute atomic E-state index is 0.416. The third-order valence-corrected chi connectivity index (χ3v) is 4.12. The van der Waals surface area contributed by atoms with Gasteiger partial charge in [-0.3, -0.25) is 0 Å². The first-order valence-corrected chi connectivity index (χ1v) is 8.78. The molecule has 0 saturated heterocycles. The van der Waals surface area contributed by atoms with Crippen LogP contribution in [0.3, 0.4) is 0 Å². The number of rotatable bonds is 8. The number of nitriles is 1. The Morgan fingerprint density at radius 3 is 2.38 bits per heavy atom. The van der Waals surface area contributed by atoms with Crippen LogP contribution in [0.15, 0.2) is 42.5 Å². The quantitative estimate of drug-likeness (QED) is 0.546. The Morgan fingerprint density at radius 1 is 1.04 bits per heavy atom. The number of nitrogens with zero attached hydrogens (tertiary/aromatic N) is 1. The van der Waals surface area contributed by atoms with E-state index < -0.39 is 0 Å². The average Bonchev–Trinajstić information content (AvgIpc) is 2.66. The van der Waals surface area contributed by atoms with Crippen LogP contribution in [0.1, 0.15) is 17.5 Å². The van der Waals surface area contributed by atoms with E-state index in [2.05, 4.69) is 16.7 Å². The highest BCUT2D eigenvalue weighted by atomic mass is 32.1. The van der Waals surface area contributed by atoms with Gasteiger partial charge in [-0.05, 0) is 60.5 Å². The third kappa shape index (κ3) is 5.94. The zero-order valence-electron chi connectivity index (χ0n) is 15.0. The highest BCUT2D eigenvalue weighted by Gasteiger charge is 2.04. The maximum atomic E-state index is 8.68. The molecule has 5 nitrogen and oxygen atoms in total. The predicted molar refractivity (Wildman–Crippen MR) is 108 cm³/mol. The molecule has 0 amide bonds. The Morgan fingerprint density at radius 2 is 1.73 bits per heavy atom. The van der Waals surface area contributed by atoms with E-state index in [0.29, 0.717) is 11.5 Å². The normalized spacial score (nSPS) is 9.88. The molecule has 6 heteroatoms. The second-order valence-corrected chi connectivity index (χ2v) is 6.11. The predicted octanol–water partition coefficient (Wildman–Crippen LogP) is 3.69. The van der Waals surface area contributed by atoms with Crippen LogP contribution in [-0.4, -0.2) is 25.9 Å². The van der Waals surface area contributed by atoms with E-state index in [0.717, 1.165) is 42.1 Å². The zero-order chi connectivity index (χ0) is 18.8. The van der Waals surface area contributed by atoms with E-state index in [4.69, 9.17) is 27.0 Å². The van der Waals surface area contributed by atoms with Crippen molar-refractivity contribution in [1.29, 1.82) is 5.26 Å². The monoisotopic (exact) mass is 369 g/mol. The van der Waals surface area contributed by atoms with Gasteiger partial charge in [0.1, 0.15) is 0 Å². The molecule has 0 aliphatic heterocycles. The second kappa shape index (κ2) is 10.3. The van der Waals surface area contributed by atoms with Crippen molar-refractivity contribution in [2.75, 3.05) is 26.1 Å². The zero-order valence-corrected chi connectivity index (χ0v) is 15.9. The van der Waals surface area contributed by atoms with Gasteiger partial charge in [0, 0.05) is 12.2 Å². The lowest BCUT2D eigenvalue weighted by molar-refractivity contribution is 0.354. The Balaban J connectivity index is 1.74. The van der Waals surface area contributed by atoms with Gasteiger partial charge in [0.2, 0.25) is 0 Å². The Kier molecular flexibility index (Phi) is 7.72. The molecule has 2 rings (SSSR count). The summed E-state index contributed by atoms with van der Waals surface area (Å²) in [6.07, 6.45) is 2.27. The second-order valence-electron chi connectivity index (χ2n) is 5.71. The standard InChI is InChI=1S/C20H23N3O2S/c1-24-18-10-7-16(14-19(18)25-2)4-3-13-22-20(26)23-17-8-5-15(6-9-17)11-12-21/h5-10,14H,3-4,11,13H2,1-2H3,(H2,22,23,26). The summed E-state index contributed by atoms with van der Waals surface area (Å²) >= 11 is 5.31. The number of anilines is 1. The molecular formula is C20H23N3O2S. The van der Waals surface area contributed by atoms with E-state index >= 15 is 0 Å². The highest BCUT2D eigenvalue weighted by Crippen LogP contribution is 2.27. The summed E-state index contributed by atoms with van der Waals surface area (Å²) < 4.78 is 10.6. The van der Waals surface area contributed by atoms with Crippen LogP contribution >= 0.6 is 12.2 Å². The van der Waals surface area contributed by atoms with Gasteiger partial charge in [-0.1, -0.05) is 18.2 Å². The lowest BCUT2D eigenvalue weighted by Gasteiger charge is -2.12. The van der Waals surface area contributed by atoms with Gasteiger partial charge >= 0.3 is 0 Å². The fraction of sp³-hybridized carbons (Fsp3) is 0.300. The van der Waals surface area contributed by atoms with Crippen molar-refractivity contribution < 1.29 is 9.47 Å². The van der Waals surface area contributed by atoms with Crippen LogP contribution in [0.2, 0.25) is 0 Å². The molecule has 0 saturated carbocycles. The maximum absolute atomic E-state index is 8.68. The average molecular weight is 369 g/mol. The molecule has 26 heavy (non-hydrogen) atoms. The highest BCUT2D eigenvalue weighted by molar-refractivity contribution is 7.80. The molecule has 0 fully saturated rings. The third-order valence-electron chi connectivity index (χ3n) is 3.87. The van der Waals surface area contributed by atoms with Gasteiger partial charge in [-0.15, -0.1) is 0 Å². The molecule has 2 aromatic carbocycles. The smallest absolute Gasteiger partial charge is 0.170 e. The van der Waals surface area contributed by atoms with Crippen LogP contribution < -0.4 is 20.1 Å². The fourth-order valence-electron chi connectivity index (χ4n) is 2.50. The molecular weight excluding hydrogens is 346 g/mol. The Labute approximate surface area is 159 Å². The van der Waals surface area contributed by atoms with Gasteiger partial charge in [-0.25, -0.2) is 0 Å². The van der Waals surface area contributed by atoms with Crippen molar-refractivity contribution in [1.82, 2.24) is 5.32 Å². The minimum atomic E-state index is 0.416. The summed E-state index contributed by atoms with van der Waals surface area (Å²) in [6.45, 7) is 0.771. The van der Waals surface area contributed by atoms with E-state index in [-0.39, 0.29) is 0 Å².